The molecule has 1 fully saturated rings. The van der Waals surface area contributed by atoms with Crippen LogP contribution in [0, 0.1) is 11.8 Å². The first-order valence-electron chi connectivity index (χ1n) is 10.3. The number of fused-ring (bicyclic) bond motifs is 1. The van der Waals surface area contributed by atoms with Crippen molar-refractivity contribution in [2.45, 2.75) is 51.7 Å². The summed E-state index contributed by atoms with van der Waals surface area (Å²) in [5.74, 6) is 0.396. The summed E-state index contributed by atoms with van der Waals surface area (Å²) in [6.07, 6.45) is 2.30. The van der Waals surface area contributed by atoms with Gasteiger partial charge in [0, 0.05) is 11.6 Å². The van der Waals surface area contributed by atoms with Crippen LogP contribution in [-0.2, 0) is 29.0 Å². The van der Waals surface area contributed by atoms with Gasteiger partial charge in [0.05, 0.1) is 0 Å². The maximum absolute atomic E-state index is 13.6. The van der Waals surface area contributed by atoms with E-state index in [0.717, 1.165) is 18.4 Å². The molecular weight excluding hydrogens is 384 g/mol. The maximum Gasteiger partial charge on any atom is 0.246 e. The van der Waals surface area contributed by atoms with Gasteiger partial charge in [-0.05, 0) is 59.9 Å². The summed E-state index contributed by atoms with van der Waals surface area (Å²) < 4.78 is 0. The van der Waals surface area contributed by atoms with Crippen molar-refractivity contribution in [3.8, 4) is 0 Å². The first kappa shape index (κ1) is 20.0. The summed E-state index contributed by atoms with van der Waals surface area (Å²) in [4.78, 5) is 28.4. The number of amides is 2. The second kappa shape index (κ2) is 8.19. The molecule has 5 heteroatoms. The Balaban J connectivity index is 1.60. The minimum absolute atomic E-state index is 0.0213. The van der Waals surface area contributed by atoms with Gasteiger partial charge >= 0.3 is 0 Å². The van der Waals surface area contributed by atoms with Gasteiger partial charge in [0.1, 0.15) is 12.1 Å². The van der Waals surface area contributed by atoms with Crippen LogP contribution in [0.3, 0.4) is 0 Å². The van der Waals surface area contributed by atoms with Crippen molar-refractivity contribution in [3.63, 3.8) is 0 Å². The molecular formula is C24H27ClN2O2. The van der Waals surface area contributed by atoms with Crippen molar-refractivity contribution in [1.29, 1.82) is 0 Å². The van der Waals surface area contributed by atoms with Crippen LogP contribution in [0.4, 0.5) is 0 Å². The molecule has 0 aromatic heterocycles. The molecule has 0 bridgehead atoms. The number of carbonyl (C=O) groups is 2. The Labute approximate surface area is 177 Å². The van der Waals surface area contributed by atoms with Gasteiger partial charge in [0.25, 0.3) is 0 Å². The zero-order chi connectivity index (χ0) is 20.5. The van der Waals surface area contributed by atoms with Gasteiger partial charge in [-0.15, -0.1) is 0 Å². The highest BCUT2D eigenvalue weighted by molar-refractivity contribution is 6.30. The zero-order valence-electron chi connectivity index (χ0n) is 16.9. The number of carbonyl (C=O) groups excluding carboxylic acids is 2. The van der Waals surface area contributed by atoms with Crippen molar-refractivity contribution in [2.24, 2.45) is 11.8 Å². The molecule has 2 atom stereocenters. The van der Waals surface area contributed by atoms with Crippen LogP contribution in [0.15, 0.2) is 48.5 Å². The largest absolute Gasteiger partial charge is 0.342 e. The summed E-state index contributed by atoms with van der Waals surface area (Å²) in [7, 11) is 0. The molecule has 1 aliphatic carbocycles. The van der Waals surface area contributed by atoms with E-state index in [2.05, 4.69) is 31.3 Å². The summed E-state index contributed by atoms with van der Waals surface area (Å²) in [6, 6.07) is 14.9. The maximum atomic E-state index is 13.6. The van der Waals surface area contributed by atoms with Crippen LogP contribution in [0.1, 0.15) is 37.0 Å². The number of halogens is 1. The van der Waals surface area contributed by atoms with Crippen LogP contribution in [0.25, 0.3) is 0 Å². The van der Waals surface area contributed by atoms with E-state index in [0.29, 0.717) is 23.9 Å². The highest BCUT2D eigenvalue weighted by atomic mass is 35.5. The molecule has 0 radical (unpaired) electrons. The van der Waals surface area contributed by atoms with Gasteiger partial charge in [-0.2, -0.15) is 0 Å². The first-order chi connectivity index (χ1) is 13.9. The Morgan fingerprint density at radius 2 is 1.76 bits per heavy atom. The van der Waals surface area contributed by atoms with Crippen LogP contribution >= 0.6 is 11.6 Å². The summed E-state index contributed by atoms with van der Waals surface area (Å²) in [5.41, 5.74) is 3.51. The summed E-state index contributed by atoms with van der Waals surface area (Å²) >= 11 is 6.15. The standard InChI is InChI=1S/C24H27ClN2O2/c1-15(2)10-21-23(28)26-22(19-12-17-7-3-4-8-18(17)13-19)24(29)27(21)14-16-6-5-9-20(25)11-16/h3-9,11,15,19,21-22H,10,12-14H2,1-2H3,(H,26,28)/t21-,22-/m1/s1. The minimum Gasteiger partial charge on any atom is -0.342 e. The predicted octanol–water partition coefficient (Wildman–Crippen LogP) is 4.00. The molecule has 0 saturated carbocycles. The number of rotatable bonds is 5. The van der Waals surface area contributed by atoms with E-state index in [4.69, 9.17) is 11.6 Å². The van der Waals surface area contributed by atoms with E-state index in [9.17, 15) is 9.59 Å². The molecule has 1 N–H and O–H groups in total. The number of piperazine rings is 1. The highest BCUT2D eigenvalue weighted by Crippen LogP contribution is 2.32. The molecule has 4 rings (SSSR count). The third-order valence-corrected chi connectivity index (χ3v) is 6.25. The van der Waals surface area contributed by atoms with Crippen molar-refractivity contribution < 1.29 is 9.59 Å². The normalized spacial score (nSPS) is 22.1. The van der Waals surface area contributed by atoms with Crippen LogP contribution in [-0.4, -0.2) is 28.8 Å². The van der Waals surface area contributed by atoms with Gasteiger partial charge in [-0.25, -0.2) is 0 Å². The molecule has 1 saturated heterocycles. The van der Waals surface area contributed by atoms with Gasteiger partial charge < -0.3 is 10.2 Å². The molecule has 152 valence electrons. The predicted molar refractivity (Wildman–Crippen MR) is 115 cm³/mol. The van der Waals surface area contributed by atoms with Crippen molar-refractivity contribution in [3.05, 3.63) is 70.2 Å². The lowest BCUT2D eigenvalue weighted by molar-refractivity contribution is -0.152. The van der Waals surface area contributed by atoms with Gasteiger partial charge in [0.2, 0.25) is 11.8 Å². The number of benzene rings is 2. The minimum atomic E-state index is -0.475. The Bertz CT molecular complexity index is 902. The molecule has 29 heavy (non-hydrogen) atoms. The fourth-order valence-corrected chi connectivity index (χ4v) is 4.85. The van der Waals surface area contributed by atoms with Gasteiger partial charge in [0.15, 0.2) is 0 Å². The quantitative estimate of drug-likeness (QED) is 0.810. The summed E-state index contributed by atoms with van der Waals surface area (Å²) in [5, 5.41) is 3.71. The van der Waals surface area contributed by atoms with E-state index in [1.54, 1.807) is 4.90 Å². The summed E-state index contributed by atoms with van der Waals surface area (Å²) in [6.45, 7) is 4.56. The average molecular weight is 411 g/mol. The number of nitrogens with one attached hydrogen (secondary N) is 1. The molecule has 2 aromatic rings. The molecule has 4 nitrogen and oxygen atoms in total. The Morgan fingerprint density at radius 3 is 2.38 bits per heavy atom. The van der Waals surface area contributed by atoms with Crippen molar-refractivity contribution >= 4 is 23.4 Å². The number of hydrogen-bond acceptors (Lipinski definition) is 2. The third kappa shape index (κ3) is 4.18. The lowest BCUT2D eigenvalue weighted by atomic mass is 9.90. The first-order valence-corrected chi connectivity index (χ1v) is 10.7. The van der Waals surface area contributed by atoms with Crippen LogP contribution in [0.2, 0.25) is 5.02 Å². The van der Waals surface area contributed by atoms with E-state index in [-0.39, 0.29) is 17.7 Å². The molecule has 0 unspecified atom stereocenters. The van der Waals surface area contributed by atoms with E-state index < -0.39 is 12.1 Å². The lowest BCUT2D eigenvalue weighted by Gasteiger charge is -2.41. The van der Waals surface area contributed by atoms with E-state index in [1.807, 2.05) is 36.4 Å². The van der Waals surface area contributed by atoms with E-state index >= 15 is 0 Å². The number of hydrogen-bond donors (Lipinski definition) is 1. The Hall–Kier alpha value is -2.33. The molecule has 1 heterocycles. The highest BCUT2D eigenvalue weighted by Gasteiger charge is 2.45. The second-order valence-electron chi connectivity index (χ2n) is 8.66. The number of nitrogens with zero attached hydrogens (tertiary/aromatic N) is 1. The van der Waals surface area contributed by atoms with E-state index in [1.165, 1.54) is 11.1 Å². The molecule has 0 spiro atoms. The van der Waals surface area contributed by atoms with Crippen LogP contribution < -0.4 is 5.32 Å². The fraction of sp³-hybridized carbons (Fsp3) is 0.417. The SMILES string of the molecule is CC(C)C[C@@H]1C(=O)N[C@H](C2Cc3ccccc3C2)C(=O)N1Cc1cccc(Cl)c1. The van der Waals surface area contributed by atoms with Gasteiger partial charge in [-0.1, -0.05) is 61.8 Å². The lowest BCUT2D eigenvalue weighted by Crippen LogP contribution is -2.65. The molecule has 2 aliphatic rings. The monoisotopic (exact) mass is 410 g/mol. The van der Waals surface area contributed by atoms with Crippen molar-refractivity contribution in [2.75, 3.05) is 0 Å². The van der Waals surface area contributed by atoms with Crippen LogP contribution in [0.5, 0.6) is 0 Å². The third-order valence-electron chi connectivity index (χ3n) is 6.02. The smallest absolute Gasteiger partial charge is 0.246 e. The fourth-order valence-electron chi connectivity index (χ4n) is 4.63. The van der Waals surface area contributed by atoms with Crippen molar-refractivity contribution in [1.82, 2.24) is 10.2 Å². The Morgan fingerprint density at radius 1 is 1.07 bits per heavy atom. The molecule has 2 aromatic carbocycles. The second-order valence-corrected chi connectivity index (χ2v) is 9.10. The average Bonchev–Trinajstić information content (AvgIpc) is 3.11. The zero-order valence-corrected chi connectivity index (χ0v) is 17.7. The molecule has 2 amide bonds. The Kier molecular flexibility index (Phi) is 5.64. The molecule has 1 aliphatic heterocycles. The topological polar surface area (TPSA) is 49.4 Å². The van der Waals surface area contributed by atoms with Gasteiger partial charge in [-0.3, -0.25) is 9.59 Å².